The largest absolute Gasteiger partial charge is 0.383 e. The van der Waals surface area contributed by atoms with E-state index >= 15 is 4.39 Å². The van der Waals surface area contributed by atoms with Gasteiger partial charge < -0.3 is 9.64 Å². The van der Waals surface area contributed by atoms with Crippen LogP contribution in [0.4, 0.5) is 8.78 Å². The molecule has 0 spiro atoms. The number of hydrogen-bond acceptors (Lipinski definition) is 5. The van der Waals surface area contributed by atoms with E-state index in [-0.39, 0.29) is 11.5 Å². The van der Waals surface area contributed by atoms with E-state index in [0.717, 1.165) is 60.4 Å². The molecular weight excluding hydrogens is 540 g/mol. The fourth-order valence-electron chi connectivity index (χ4n) is 5.27. The molecule has 0 aliphatic carbocycles. The summed E-state index contributed by atoms with van der Waals surface area (Å²) in [5.74, 6) is -1.04. The molecule has 1 aliphatic rings. The Hall–Kier alpha value is -2.91. The molecule has 3 heterocycles. The third-order valence-corrected chi connectivity index (χ3v) is 8.72. The topological polar surface area (TPSA) is 47.4 Å². The number of methoxy groups -OCH3 is 1. The summed E-state index contributed by atoms with van der Waals surface area (Å²) in [6.07, 6.45) is 3.62. The number of thiazole rings is 1. The van der Waals surface area contributed by atoms with E-state index in [1.165, 1.54) is 29.5 Å². The molecule has 1 aliphatic heterocycles. The molecule has 204 valence electrons. The molecule has 2 aromatic heterocycles. The van der Waals surface area contributed by atoms with Crippen molar-refractivity contribution in [3.8, 4) is 27.4 Å². The predicted octanol–water partition coefficient (Wildman–Crippen LogP) is 7.00. The smallest absolute Gasteiger partial charge is 0.255 e. The van der Waals surface area contributed by atoms with Crippen LogP contribution in [-0.4, -0.2) is 47.8 Å². The van der Waals surface area contributed by atoms with Gasteiger partial charge >= 0.3 is 0 Å². The van der Waals surface area contributed by atoms with Gasteiger partial charge in [0.15, 0.2) is 0 Å². The van der Waals surface area contributed by atoms with Crippen LogP contribution in [0.3, 0.4) is 0 Å². The number of nitrogens with zero attached hydrogens (tertiary/aromatic N) is 3. The Morgan fingerprint density at radius 3 is 2.46 bits per heavy atom. The number of rotatable bonds is 7. The Morgan fingerprint density at radius 1 is 1.08 bits per heavy atom. The van der Waals surface area contributed by atoms with Crippen LogP contribution in [0.2, 0.25) is 5.02 Å². The van der Waals surface area contributed by atoms with Gasteiger partial charge in [0.25, 0.3) is 5.56 Å². The number of ether oxygens (including phenoxy) is 1. The van der Waals surface area contributed by atoms with E-state index in [4.69, 9.17) is 21.3 Å². The number of likely N-dealkylation sites (tertiary alicyclic amines) is 1. The molecule has 4 aromatic rings. The zero-order valence-electron chi connectivity index (χ0n) is 22.1. The highest BCUT2D eigenvalue weighted by Gasteiger charge is 2.27. The highest BCUT2D eigenvalue weighted by atomic mass is 35.5. The minimum absolute atomic E-state index is 0.194. The van der Waals surface area contributed by atoms with E-state index < -0.39 is 11.6 Å². The predicted molar refractivity (Wildman–Crippen MR) is 153 cm³/mol. The Morgan fingerprint density at radius 2 is 1.79 bits per heavy atom. The average molecular weight is 570 g/mol. The summed E-state index contributed by atoms with van der Waals surface area (Å²) in [7, 11) is 1.71. The first-order chi connectivity index (χ1) is 18.7. The monoisotopic (exact) mass is 569 g/mol. The normalized spacial score (nSPS) is 14.7. The van der Waals surface area contributed by atoms with Crippen LogP contribution in [0, 0.1) is 25.5 Å². The standard InChI is InChI=1S/C30H30ClF2N3O2S/c1-18-14-22(31)15-19(2)28(18)36-17-21(4-7-26(36)37)27-29(24-6-5-23(32)16-25(24)33)39-30(34-27)20-8-10-35(11-9-20)12-13-38-3/h4-7,14-17,20H,8-13H2,1-3H3. The van der Waals surface area contributed by atoms with Crippen LogP contribution in [0.25, 0.3) is 27.4 Å². The summed E-state index contributed by atoms with van der Waals surface area (Å²) < 4.78 is 35.7. The average Bonchev–Trinajstić information content (AvgIpc) is 3.33. The molecule has 9 heteroatoms. The maximum Gasteiger partial charge on any atom is 0.255 e. The summed E-state index contributed by atoms with van der Waals surface area (Å²) >= 11 is 7.68. The Kier molecular flexibility index (Phi) is 8.28. The van der Waals surface area contributed by atoms with E-state index in [1.54, 1.807) is 23.9 Å². The molecule has 2 aromatic carbocycles. The van der Waals surface area contributed by atoms with Crippen LogP contribution in [0.5, 0.6) is 0 Å². The third kappa shape index (κ3) is 5.84. The van der Waals surface area contributed by atoms with E-state index in [0.29, 0.717) is 33.3 Å². The van der Waals surface area contributed by atoms with Crippen LogP contribution in [0.1, 0.15) is 34.9 Å². The number of piperidine rings is 1. The molecule has 1 saturated heterocycles. The molecule has 0 radical (unpaired) electrons. The summed E-state index contributed by atoms with van der Waals surface area (Å²) in [4.78, 5) is 21.0. The maximum atomic E-state index is 15.1. The van der Waals surface area contributed by atoms with Crippen LogP contribution in [0.15, 0.2) is 53.5 Å². The first-order valence-corrected chi connectivity index (χ1v) is 14.1. The van der Waals surface area contributed by atoms with Crippen molar-refractivity contribution in [1.29, 1.82) is 0 Å². The fourth-order valence-corrected chi connectivity index (χ4v) is 6.88. The van der Waals surface area contributed by atoms with Crippen LogP contribution >= 0.6 is 22.9 Å². The Bertz CT molecular complexity index is 1540. The van der Waals surface area contributed by atoms with Crippen molar-refractivity contribution in [3.05, 3.63) is 91.8 Å². The molecule has 5 rings (SSSR count). The number of aromatic nitrogens is 2. The minimum atomic E-state index is -0.640. The molecule has 5 nitrogen and oxygen atoms in total. The lowest BCUT2D eigenvalue weighted by Gasteiger charge is -2.30. The maximum absolute atomic E-state index is 15.1. The Labute approximate surface area is 235 Å². The highest BCUT2D eigenvalue weighted by molar-refractivity contribution is 7.15. The van der Waals surface area contributed by atoms with Gasteiger partial charge in [0.1, 0.15) is 11.6 Å². The van der Waals surface area contributed by atoms with Crippen molar-refractivity contribution in [2.75, 3.05) is 33.4 Å². The number of benzene rings is 2. The van der Waals surface area contributed by atoms with Gasteiger partial charge in [0.2, 0.25) is 0 Å². The fraction of sp³-hybridized carbons (Fsp3) is 0.333. The lowest BCUT2D eigenvalue weighted by atomic mass is 9.97. The Balaban J connectivity index is 1.59. The van der Waals surface area contributed by atoms with E-state index in [9.17, 15) is 9.18 Å². The van der Waals surface area contributed by atoms with E-state index in [1.807, 2.05) is 26.0 Å². The minimum Gasteiger partial charge on any atom is -0.383 e. The molecular formula is C30H30ClF2N3O2S. The zero-order chi connectivity index (χ0) is 27.7. The number of pyridine rings is 1. The van der Waals surface area contributed by atoms with Gasteiger partial charge in [-0.3, -0.25) is 9.36 Å². The second-order valence-corrected chi connectivity index (χ2v) is 11.4. The van der Waals surface area contributed by atoms with Gasteiger partial charge in [-0.1, -0.05) is 11.6 Å². The summed E-state index contributed by atoms with van der Waals surface area (Å²) in [5.41, 5.74) is 3.85. The van der Waals surface area contributed by atoms with Gasteiger partial charge in [-0.2, -0.15) is 0 Å². The number of hydrogen-bond donors (Lipinski definition) is 0. The third-order valence-electron chi connectivity index (χ3n) is 7.25. The molecule has 1 fully saturated rings. The second-order valence-electron chi connectivity index (χ2n) is 9.98. The highest BCUT2D eigenvalue weighted by Crippen LogP contribution is 2.42. The van der Waals surface area contributed by atoms with Gasteiger partial charge in [0.05, 0.1) is 27.9 Å². The SMILES string of the molecule is COCCN1CCC(c2nc(-c3ccc(=O)n(-c4c(C)cc(Cl)cc4C)c3)c(-c3ccc(F)cc3F)s2)CC1. The number of aryl methyl sites for hydroxylation is 2. The summed E-state index contributed by atoms with van der Waals surface area (Å²) in [5, 5.41) is 1.52. The summed E-state index contributed by atoms with van der Waals surface area (Å²) in [6.45, 7) is 7.28. The van der Waals surface area contributed by atoms with Crippen molar-refractivity contribution in [3.63, 3.8) is 0 Å². The molecule has 39 heavy (non-hydrogen) atoms. The number of halogens is 3. The van der Waals surface area contributed by atoms with Crippen molar-refractivity contribution in [2.24, 2.45) is 0 Å². The van der Waals surface area contributed by atoms with Crippen molar-refractivity contribution < 1.29 is 13.5 Å². The molecule has 0 amide bonds. The van der Waals surface area contributed by atoms with Crippen LogP contribution < -0.4 is 5.56 Å². The summed E-state index contributed by atoms with van der Waals surface area (Å²) in [6, 6.07) is 10.5. The van der Waals surface area contributed by atoms with Gasteiger partial charge in [-0.15, -0.1) is 11.3 Å². The molecule has 0 bridgehead atoms. The molecule has 0 atom stereocenters. The first kappa shape index (κ1) is 27.6. The molecule has 0 saturated carbocycles. The quantitative estimate of drug-likeness (QED) is 0.240. The van der Waals surface area contributed by atoms with Crippen LogP contribution in [-0.2, 0) is 4.74 Å². The molecule has 0 N–H and O–H groups in total. The van der Waals surface area contributed by atoms with Gasteiger partial charge in [-0.25, -0.2) is 13.8 Å². The first-order valence-electron chi connectivity index (χ1n) is 12.9. The van der Waals surface area contributed by atoms with Crippen molar-refractivity contribution in [2.45, 2.75) is 32.6 Å². The van der Waals surface area contributed by atoms with Crippen molar-refractivity contribution >= 4 is 22.9 Å². The zero-order valence-corrected chi connectivity index (χ0v) is 23.7. The molecule has 0 unspecified atom stereocenters. The van der Waals surface area contributed by atoms with Gasteiger partial charge in [-0.05, 0) is 81.2 Å². The lowest BCUT2D eigenvalue weighted by molar-refractivity contribution is 0.130. The van der Waals surface area contributed by atoms with Gasteiger partial charge in [0, 0.05) is 54.1 Å². The second kappa shape index (κ2) is 11.7. The lowest BCUT2D eigenvalue weighted by Crippen LogP contribution is -2.35. The van der Waals surface area contributed by atoms with E-state index in [2.05, 4.69) is 4.90 Å². The van der Waals surface area contributed by atoms with Crippen molar-refractivity contribution in [1.82, 2.24) is 14.5 Å².